The maximum absolute atomic E-state index is 9.54. The molecule has 3 rings (SSSR count). The highest BCUT2D eigenvalue weighted by Gasteiger charge is 2.39. The molecule has 0 spiro atoms. The van der Waals surface area contributed by atoms with Crippen molar-refractivity contribution >= 4 is 18.1 Å². The van der Waals surface area contributed by atoms with E-state index in [0.29, 0.717) is 16.7 Å². The molecule has 1 aromatic rings. The Morgan fingerprint density at radius 3 is 2.14 bits per heavy atom. The van der Waals surface area contributed by atoms with Crippen LogP contribution in [0.5, 0.6) is 0 Å². The van der Waals surface area contributed by atoms with Crippen LogP contribution in [0.3, 0.4) is 0 Å². The predicted octanol–water partition coefficient (Wildman–Crippen LogP) is 5.32. The van der Waals surface area contributed by atoms with Gasteiger partial charge in [-0.1, -0.05) is 45.9 Å². The number of hydrogen-bond donors (Lipinski definition) is 1. The molecule has 1 aliphatic heterocycles. The van der Waals surface area contributed by atoms with Gasteiger partial charge in [0.2, 0.25) is 0 Å². The summed E-state index contributed by atoms with van der Waals surface area (Å²) in [5.74, 6) is 0.660. The van der Waals surface area contributed by atoms with Gasteiger partial charge in [0.05, 0.1) is 6.10 Å². The van der Waals surface area contributed by atoms with Crippen LogP contribution in [0.15, 0.2) is 24.3 Å². The molecule has 3 nitrogen and oxygen atoms in total. The lowest BCUT2D eigenvalue weighted by Crippen LogP contribution is -2.47. The number of anilines is 1. The minimum atomic E-state index is -0.193. The highest BCUT2D eigenvalue weighted by molar-refractivity contribution is 5.85. The van der Waals surface area contributed by atoms with Crippen molar-refractivity contribution in [1.82, 2.24) is 4.90 Å². The van der Waals surface area contributed by atoms with Gasteiger partial charge < -0.3 is 10.0 Å². The van der Waals surface area contributed by atoms with Crippen molar-refractivity contribution in [3.63, 3.8) is 0 Å². The van der Waals surface area contributed by atoms with Gasteiger partial charge in [-0.05, 0) is 61.0 Å². The van der Waals surface area contributed by atoms with Gasteiger partial charge in [0.25, 0.3) is 0 Å². The molecule has 1 saturated carbocycles. The van der Waals surface area contributed by atoms with Crippen LogP contribution in [0.4, 0.5) is 5.69 Å². The number of piperazine rings is 1. The first-order chi connectivity index (χ1) is 12.7. The molecule has 2 aliphatic rings. The first kappa shape index (κ1) is 23.5. The lowest BCUT2D eigenvalue weighted by molar-refractivity contribution is 0.0969. The summed E-state index contributed by atoms with van der Waals surface area (Å²) in [4.78, 5) is 5.10. The summed E-state index contributed by atoms with van der Waals surface area (Å²) in [6, 6.07) is 9.16. The Bertz CT molecular complexity index is 605. The Kier molecular flexibility index (Phi) is 7.86. The third-order valence-corrected chi connectivity index (χ3v) is 6.51. The van der Waals surface area contributed by atoms with Gasteiger partial charge >= 0.3 is 0 Å². The van der Waals surface area contributed by atoms with Crippen molar-refractivity contribution in [2.24, 2.45) is 10.8 Å². The third-order valence-electron chi connectivity index (χ3n) is 6.51. The van der Waals surface area contributed by atoms with Gasteiger partial charge in [0.15, 0.2) is 0 Å². The topological polar surface area (TPSA) is 26.7 Å². The van der Waals surface area contributed by atoms with Gasteiger partial charge in [-0.25, -0.2) is 0 Å². The van der Waals surface area contributed by atoms with Crippen LogP contribution in [0, 0.1) is 10.8 Å². The predicted molar refractivity (Wildman–Crippen MR) is 123 cm³/mol. The van der Waals surface area contributed by atoms with Crippen molar-refractivity contribution < 1.29 is 5.11 Å². The Hall–Kier alpha value is -0.770. The van der Waals surface area contributed by atoms with E-state index in [2.05, 4.69) is 61.8 Å². The molecule has 28 heavy (non-hydrogen) atoms. The van der Waals surface area contributed by atoms with E-state index in [-0.39, 0.29) is 18.5 Å². The molecule has 1 aromatic carbocycles. The average Bonchev–Trinajstić information content (AvgIpc) is 2.58. The van der Waals surface area contributed by atoms with Crippen LogP contribution in [0.2, 0.25) is 0 Å². The summed E-state index contributed by atoms with van der Waals surface area (Å²) in [5, 5.41) is 9.54. The van der Waals surface area contributed by atoms with Crippen molar-refractivity contribution in [3.8, 4) is 0 Å². The van der Waals surface area contributed by atoms with E-state index in [9.17, 15) is 5.11 Å². The molecule has 1 unspecified atom stereocenters. The van der Waals surface area contributed by atoms with E-state index in [1.54, 1.807) is 5.56 Å². The fourth-order valence-corrected chi connectivity index (χ4v) is 5.77. The number of halogens is 1. The van der Waals surface area contributed by atoms with Crippen molar-refractivity contribution in [2.45, 2.75) is 72.3 Å². The number of para-hydroxylation sites is 1. The van der Waals surface area contributed by atoms with Crippen LogP contribution in [0.1, 0.15) is 71.8 Å². The molecule has 1 atom stereocenters. The van der Waals surface area contributed by atoms with E-state index in [0.717, 1.165) is 39.1 Å². The molecule has 0 aromatic heterocycles. The number of rotatable bonds is 5. The van der Waals surface area contributed by atoms with Gasteiger partial charge in [0.1, 0.15) is 0 Å². The van der Waals surface area contributed by atoms with E-state index >= 15 is 0 Å². The minimum Gasteiger partial charge on any atom is -0.393 e. The standard InChI is InChI=1S/C24H40N2O.ClH/c1-19(27)10-11-25-12-14-26(15-13-25)22-9-7-6-8-21(22)20-16-23(2,3)18-24(4,5)17-20;/h6-9,19-20,27H,10-18H2,1-5H3;1H. The number of nitrogens with zero attached hydrogens (tertiary/aromatic N) is 2. The Labute approximate surface area is 178 Å². The highest BCUT2D eigenvalue weighted by Crippen LogP contribution is 2.53. The largest absolute Gasteiger partial charge is 0.393 e. The molecule has 160 valence electrons. The molecule has 0 amide bonds. The molecule has 1 aliphatic carbocycles. The SMILES string of the molecule is CC(O)CCN1CCN(c2ccccc2C2CC(C)(C)CC(C)(C)C2)CC1.Cl. The summed E-state index contributed by atoms with van der Waals surface area (Å²) >= 11 is 0. The quantitative estimate of drug-likeness (QED) is 0.714. The van der Waals surface area contributed by atoms with Crippen LogP contribution < -0.4 is 4.90 Å². The van der Waals surface area contributed by atoms with E-state index in [1.807, 2.05) is 6.92 Å². The molecule has 2 fully saturated rings. The fraction of sp³-hybridized carbons (Fsp3) is 0.750. The maximum Gasteiger partial charge on any atom is 0.0524 e. The highest BCUT2D eigenvalue weighted by atomic mass is 35.5. The van der Waals surface area contributed by atoms with E-state index in [4.69, 9.17) is 0 Å². The lowest BCUT2D eigenvalue weighted by atomic mass is 9.60. The van der Waals surface area contributed by atoms with E-state index in [1.165, 1.54) is 24.9 Å². The summed E-state index contributed by atoms with van der Waals surface area (Å²) in [7, 11) is 0. The molecule has 1 N–H and O–H groups in total. The van der Waals surface area contributed by atoms with Crippen LogP contribution in [0.25, 0.3) is 0 Å². The summed E-state index contributed by atoms with van der Waals surface area (Å²) in [5.41, 5.74) is 3.86. The van der Waals surface area contributed by atoms with Gasteiger partial charge in [0, 0.05) is 38.4 Å². The molecule has 1 saturated heterocycles. The maximum atomic E-state index is 9.54. The average molecular weight is 409 g/mol. The monoisotopic (exact) mass is 408 g/mol. The number of benzene rings is 1. The number of aliphatic hydroxyl groups excluding tert-OH is 1. The minimum absolute atomic E-state index is 0. The molecule has 0 radical (unpaired) electrons. The smallest absolute Gasteiger partial charge is 0.0524 e. The molecular weight excluding hydrogens is 368 g/mol. The van der Waals surface area contributed by atoms with Crippen molar-refractivity contribution in [2.75, 3.05) is 37.6 Å². The second kappa shape index (κ2) is 9.36. The Morgan fingerprint density at radius 1 is 1.00 bits per heavy atom. The Morgan fingerprint density at radius 2 is 1.57 bits per heavy atom. The third kappa shape index (κ3) is 6.11. The Balaban J connectivity index is 0.00000280. The summed E-state index contributed by atoms with van der Waals surface area (Å²) in [6.07, 6.45) is 4.59. The number of aliphatic hydroxyl groups is 1. The molecule has 4 heteroatoms. The van der Waals surface area contributed by atoms with Crippen LogP contribution in [-0.2, 0) is 0 Å². The zero-order chi connectivity index (χ0) is 19.7. The van der Waals surface area contributed by atoms with E-state index < -0.39 is 0 Å². The second-order valence-corrected chi connectivity index (χ2v) is 10.6. The van der Waals surface area contributed by atoms with Gasteiger partial charge in [-0.2, -0.15) is 0 Å². The van der Waals surface area contributed by atoms with Crippen molar-refractivity contribution in [1.29, 1.82) is 0 Å². The summed E-state index contributed by atoms with van der Waals surface area (Å²) in [6.45, 7) is 17.1. The fourth-order valence-electron chi connectivity index (χ4n) is 5.77. The number of hydrogen-bond acceptors (Lipinski definition) is 3. The zero-order valence-corrected chi connectivity index (χ0v) is 19.4. The zero-order valence-electron chi connectivity index (χ0n) is 18.6. The normalized spacial score (nSPS) is 23.9. The molecule has 0 bridgehead atoms. The molecular formula is C24H41ClN2O. The molecule has 1 heterocycles. The lowest BCUT2D eigenvalue weighted by Gasteiger charge is -2.46. The van der Waals surface area contributed by atoms with Gasteiger partial charge in [-0.3, -0.25) is 4.90 Å². The second-order valence-electron chi connectivity index (χ2n) is 10.6. The van der Waals surface area contributed by atoms with Crippen LogP contribution >= 0.6 is 12.4 Å². The summed E-state index contributed by atoms with van der Waals surface area (Å²) < 4.78 is 0. The van der Waals surface area contributed by atoms with Crippen LogP contribution in [-0.4, -0.2) is 48.8 Å². The first-order valence-electron chi connectivity index (χ1n) is 10.9. The van der Waals surface area contributed by atoms with Crippen molar-refractivity contribution in [3.05, 3.63) is 29.8 Å². The first-order valence-corrected chi connectivity index (χ1v) is 10.9. The van der Waals surface area contributed by atoms with Gasteiger partial charge in [-0.15, -0.1) is 12.4 Å².